The van der Waals surface area contributed by atoms with Gasteiger partial charge in [-0.05, 0) is 24.6 Å². The van der Waals surface area contributed by atoms with Gasteiger partial charge in [-0.25, -0.2) is 4.79 Å². The number of ketones is 1. The summed E-state index contributed by atoms with van der Waals surface area (Å²) in [5.74, 6) is -0.276. The summed E-state index contributed by atoms with van der Waals surface area (Å²) in [4.78, 5) is 22.0. The quantitative estimate of drug-likeness (QED) is 0.833. The first kappa shape index (κ1) is 10.5. The van der Waals surface area contributed by atoms with Crippen LogP contribution in [-0.4, -0.2) is 23.7 Å². The molecule has 0 saturated heterocycles. The standard InChI is InChI=1S/C11H10O5/c1-6(12)2-7-3-9-10(16-5-15-9)4-8(7)11(13)14/h3-4H,2,5H2,1H3,(H,13,14). The Morgan fingerprint density at radius 2 is 1.94 bits per heavy atom. The number of benzene rings is 1. The molecular formula is C11H10O5. The lowest BCUT2D eigenvalue weighted by Crippen LogP contribution is -2.06. The van der Waals surface area contributed by atoms with E-state index in [1.807, 2.05) is 0 Å². The fourth-order valence-corrected chi connectivity index (χ4v) is 1.60. The molecular weight excluding hydrogens is 212 g/mol. The van der Waals surface area contributed by atoms with Crippen molar-refractivity contribution in [1.29, 1.82) is 0 Å². The molecule has 84 valence electrons. The van der Waals surface area contributed by atoms with E-state index in [2.05, 4.69) is 0 Å². The second-order valence-corrected chi connectivity index (χ2v) is 3.55. The average molecular weight is 222 g/mol. The van der Waals surface area contributed by atoms with Crippen LogP contribution in [-0.2, 0) is 11.2 Å². The minimum Gasteiger partial charge on any atom is -0.478 e. The van der Waals surface area contributed by atoms with Gasteiger partial charge >= 0.3 is 5.97 Å². The molecule has 0 unspecified atom stereocenters. The summed E-state index contributed by atoms with van der Waals surface area (Å²) in [7, 11) is 0. The van der Waals surface area contributed by atoms with Crippen LogP contribution >= 0.6 is 0 Å². The molecule has 0 bridgehead atoms. The Hall–Kier alpha value is -2.04. The normalized spacial score (nSPS) is 12.6. The first-order valence-corrected chi connectivity index (χ1v) is 4.73. The number of hydrogen-bond acceptors (Lipinski definition) is 4. The van der Waals surface area contributed by atoms with Gasteiger partial charge in [0.05, 0.1) is 5.56 Å². The summed E-state index contributed by atoms with van der Waals surface area (Å²) in [6, 6.07) is 2.94. The molecule has 0 radical (unpaired) electrons. The lowest BCUT2D eigenvalue weighted by atomic mass is 10.0. The van der Waals surface area contributed by atoms with Crippen LogP contribution < -0.4 is 9.47 Å². The highest BCUT2D eigenvalue weighted by Crippen LogP contribution is 2.35. The molecule has 2 rings (SSSR count). The largest absolute Gasteiger partial charge is 0.478 e. The van der Waals surface area contributed by atoms with E-state index in [1.54, 1.807) is 6.07 Å². The van der Waals surface area contributed by atoms with Gasteiger partial charge < -0.3 is 14.6 Å². The monoisotopic (exact) mass is 222 g/mol. The van der Waals surface area contributed by atoms with Crippen LogP contribution in [0.3, 0.4) is 0 Å². The van der Waals surface area contributed by atoms with Gasteiger partial charge in [0.25, 0.3) is 0 Å². The first-order valence-electron chi connectivity index (χ1n) is 4.73. The predicted octanol–water partition coefficient (Wildman–Crippen LogP) is 1.24. The minimum absolute atomic E-state index is 0.0813. The summed E-state index contributed by atoms with van der Waals surface area (Å²) < 4.78 is 10.2. The van der Waals surface area contributed by atoms with E-state index in [4.69, 9.17) is 14.6 Å². The molecule has 0 spiro atoms. The van der Waals surface area contributed by atoms with E-state index in [9.17, 15) is 9.59 Å². The molecule has 1 aliphatic heterocycles. The van der Waals surface area contributed by atoms with Crippen molar-refractivity contribution >= 4 is 11.8 Å². The Bertz CT molecular complexity index is 464. The maximum Gasteiger partial charge on any atom is 0.336 e. The summed E-state index contributed by atoms with van der Waals surface area (Å²) >= 11 is 0. The van der Waals surface area contributed by atoms with Crippen LogP contribution in [0.15, 0.2) is 12.1 Å². The van der Waals surface area contributed by atoms with Gasteiger partial charge in [-0.15, -0.1) is 0 Å². The van der Waals surface area contributed by atoms with E-state index in [1.165, 1.54) is 13.0 Å². The number of rotatable bonds is 3. The topological polar surface area (TPSA) is 72.8 Å². The zero-order valence-electron chi connectivity index (χ0n) is 8.65. The summed E-state index contributed by atoms with van der Waals surface area (Å²) in [5.41, 5.74) is 0.531. The molecule has 0 fully saturated rings. The molecule has 5 heteroatoms. The van der Waals surface area contributed by atoms with Crippen LogP contribution in [0.1, 0.15) is 22.8 Å². The van der Waals surface area contributed by atoms with Crippen molar-refractivity contribution in [3.8, 4) is 11.5 Å². The third-order valence-corrected chi connectivity index (χ3v) is 2.27. The highest BCUT2D eigenvalue weighted by Gasteiger charge is 2.20. The van der Waals surface area contributed by atoms with Crippen molar-refractivity contribution < 1.29 is 24.2 Å². The minimum atomic E-state index is -1.07. The van der Waals surface area contributed by atoms with E-state index < -0.39 is 5.97 Å². The van der Waals surface area contributed by atoms with Crippen molar-refractivity contribution in [2.75, 3.05) is 6.79 Å². The molecule has 0 amide bonds. The molecule has 5 nitrogen and oxygen atoms in total. The summed E-state index contributed by atoms with van der Waals surface area (Å²) in [6.07, 6.45) is 0.0816. The number of carbonyl (C=O) groups is 2. The molecule has 0 saturated carbocycles. The number of fused-ring (bicyclic) bond motifs is 1. The van der Waals surface area contributed by atoms with E-state index in [-0.39, 0.29) is 24.6 Å². The third kappa shape index (κ3) is 1.84. The van der Waals surface area contributed by atoms with Gasteiger partial charge in [-0.3, -0.25) is 4.79 Å². The maximum atomic E-state index is 11.0. The van der Waals surface area contributed by atoms with Crippen LogP contribution in [0.25, 0.3) is 0 Å². The molecule has 0 aliphatic carbocycles. The van der Waals surface area contributed by atoms with E-state index >= 15 is 0 Å². The van der Waals surface area contributed by atoms with Gasteiger partial charge in [0.2, 0.25) is 6.79 Å². The van der Waals surface area contributed by atoms with Crippen molar-refractivity contribution in [3.05, 3.63) is 23.3 Å². The molecule has 0 aromatic heterocycles. The molecule has 1 N–H and O–H groups in total. The molecule has 1 aliphatic rings. The number of ether oxygens (including phenoxy) is 2. The Morgan fingerprint density at radius 3 is 2.50 bits per heavy atom. The lowest BCUT2D eigenvalue weighted by molar-refractivity contribution is -0.116. The third-order valence-electron chi connectivity index (χ3n) is 2.27. The van der Waals surface area contributed by atoms with Crippen LogP contribution in [0.5, 0.6) is 11.5 Å². The fraction of sp³-hybridized carbons (Fsp3) is 0.273. The number of carbonyl (C=O) groups excluding carboxylic acids is 1. The van der Waals surface area contributed by atoms with Gasteiger partial charge in [0.1, 0.15) is 5.78 Å². The highest BCUT2D eigenvalue weighted by atomic mass is 16.7. The van der Waals surface area contributed by atoms with Crippen molar-refractivity contribution in [2.45, 2.75) is 13.3 Å². The highest BCUT2D eigenvalue weighted by molar-refractivity contribution is 5.92. The molecule has 1 aromatic rings. The zero-order valence-corrected chi connectivity index (χ0v) is 8.65. The molecule has 1 heterocycles. The SMILES string of the molecule is CC(=O)Cc1cc2c(cc1C(=O)O)OCO2. The van der Waals surface area contributed by atoms with Gasteiger partial charge in [0.15, 0.2) is 11.5 Å². The summed E-state index contributed by atoms with van der Waals surface area (Å²) in [6.45, 7) is 1.49. The van der Waals surface area contributed by atoms with E-state index in [0.29, 0.717) is 17.1 Å². The number of aromatic carboxylic acids is 1. The second kappa shape index (κ2) is 3.84. The smallest absolute Gasteiger partial charge is 0.336 e. The van der Waals surface area contributed by atoms with Crippen LogP contribution in [0.4, 0.5) is 0 Å². The Morgan fingerprint density at radius 1 is 1.31 bits per heavy atom. The Kier molecular flexibility index (Phi) is 2.52. The van der Waals surface area contributed by atoms with Gasteiger partial charge in [0, 0.05) is 6.42 Å². The number of carboxylic acid groups (broad SMARTS) is 1. The number of hydrogen-bond donors (Lipinski definition) is 1. The van der Waals surface area contributed by atoms with Gasteiger partial charge in [-0.2, -0.15) is 0 Å². The Labute approximate surface area is 91.6 Å². The fourth-order valence-electron chi connectivity index (χ4n) is 1.60. The van der Waals surface area contributed by atoms with Crippen molar-refractivity contribution in [2.24, 2.45) is 0 Å². The molecule has 16 heavy (non-hydrogen) atoms. The maximum absolute atomic E-state index is 11.0. The van der Waals surface area contributed by atoms with Crippen molar-refractivity contribution in [1.82, 2.24) is 0 Å². The predicted molar refractivity (Wildman–Crippen MR) is 53.9 cm³/mol. The lowest BCUT2D eigenvalue weighted by Gasteiger charge is -2.05. The zero-order chi connectivity index (χ0) is 11.7. The average Bonchev–Trinajstić information content (AvgIpc) is 2.62. The first-order chi connectivity index (χ1) is 7.58. The second-order valence-electron chi connectivity index (χ2n) is 3.55. The molecule has 0 atom stereocenters. The van der Waals surface area contributed by atoms with Crippen LogP contribution in [0, 0.1) is 0 Å². The van der Waals surface area contributed by atoms with Gasteiger partial charge in [-0.1, -0.05) is 0 Å². The van der Waals surface area contributed by atoms with E-state index in [0.717, 1.165) is 0 Å². The Balaban J connectivity index is 2.48. The number of Topliss-reactive ketones (excluding diaryl/α,β-unsaturated/α-hetero) is 1. The van der Waals surface area contributed by atoms with Crippen molar-refractivity contribution in [3.63, 3.8) is 0 Å². The van der Waals surface area contributed by atoms with Crippen LogP contribution in [0.2, 0.25) is 0 Å². The molecule has 1 aromatic carbocycles. The number of carboxylic acids is 1. The summed E-state index contributed by atoms with van der Waals surface area (Å²) in [5, 5.41) is 9.00.